The van der Waals surface area contributed by atoms with Gasteiger partial charge < -0.3 is 19.1 Å². The standard InChI is InChI=1S/C28H33F2N7O4/c1-17-25(33-34-37(17)20-6-9-35(10-7-20)27(38)41-28(2,3)4)18-12-23-31-8-11-36(23)24(13-18)40-16-22(39-5)26-21(30)14-19(29)15-32-26/h8,11-15,20,22H,6-7,9-10,16H2,1-5H3. The Kier molecular flexibility index (Phi) is 7.89. The van der Waals surface area contributed by atoms with E-state index in [0.717, 1.165) is 36.4 Å². The molecule has 1 aliphatic heterocycles. The topological polar surface area (TPSA) is 109 Å². The van der Waals surface area contributed by atoms with E-state index < -0.39 is 23.3 Å². The zero-order valence-electron chi connectivity index (χ0n) is 23.7. The fraction of sp³-hybridized carbons (Fsp3) is 0.464. The maximum absolute atomic E-state index is 14.3. The monoisotopic (exact) mass is 569 g/mol. The summed E-state index contributed by atoms with van der Waals surface area (Å²) < 4.78 is 48.3. The van der Waals surface area contributed by atoms with E-state index in [2.05, 4.69) is 20.3 Å². The van der Waals surface area contributed by atoms with E-state index in [-0.39, 0.29) is 24.4 Å². The third-order valence-electron chi connectivity index (χ3n) is 6.94. The van der Waals surface area contributed by atoms with Gasteiger partial charge in [0.2, 0.25) is 0 Å². The number of methoxy groups -OCH3 is 1. The summed E-state index contributed by atoms with van der Waals surface area (Å²) in [6.45, 7) is 8.57. The van der Waals surface area contributed by atoms with Crippen molar-refractivity contribution >= 4 is 11.7 Å². The minimum atomic E-state index is -0.869. The maximum atomic E-state index is 14.3. The van der Waals surface area contributed by atoms with Gasteiger partial charge in [-0.1, -0.05) is 5.21 Å². The quantitative estimate of drug-likeness (QED) is 0.309. The van der Waals surface area contributed by atoms with Gasteiger partial charge in [0, 0.05) is 50.3 Å². The van der Waals surface area contributed by atoms with Crippen molar-refractivity contribution in [2.24, 2.45) is 0 Å². The first-order valence-corrected chi connectivity index (χ1v) is 13.4. The molecule has 0 spiro atoms. The first kappa shape index (κ1) is 28.4. The van der Waals surface area contributed by atoms with Gasteiger partial charge in [-0.25, -0.2) is 23.2 Å². The molecule has 0 aliphatic carbocycles. The molecule has 11 nitrogen and oxygen atoms in total. The number of carbonyl (C=O) groups excluding carboxylic acids is 1. The predicted molar refractivity (Wildman–Crippen MR) is 144 cm³/mol. The summed E-state index contributed by atoms with van der Waals surface area (Å²) in [5.74, 6) is -1.16. The Morgan fingerprint density at radius 3 is 2.59 bits per heavy atom. The van der Waals surface area contributed by atoms with Gasteiger partial charge in [0.1, 0.15) is 47.0 Å². The van der Waals surface area contributed by atoms with Gasteiger partial charge in [-0.2, -0.15) is 0 Å². The molecular weight excluding hydrogens is 536 g/mol. The van der Waals surface area contributed by atoms with Crippen molar-refractivity contribution in [1.29, 1.82) is 0 Å². The number of ether oxygens (including phenoxy) is 3. The van der Waals surface area contributed by atoms with E-state index in [9.17, 15) is 13.6 Å². The van der Waals surface area contributed by atoms with Crippen molar-refractivity contribution < 1.29 is 27.8 Å². The molecule has 1 aliphatic rings. The fourth-order valence-electron chi connectivity index (χ4n) is 4.89. The Hall–Kier alpha value is -4.13. The molecule has 1 saturated heterocycles. The van der Waals surface area contributed by atoms with Gasteiger partial charge in [0.15, 0.2) is 5.88 Å². The molecular formula is C28H33F2N7O4. The van der Waals surface area contributed by atoms with Crippen LogP contribution < -0.4 is 4.74 Å². The predicted octanol–water partition coefficient (Wildman–Crippen LogP) is 4.91. The molecule has 1 amide bonds. The molecule has 1 unspecified atom stereocenters. The lowest BCUT2D eigenvalue weighted by Gasteiger charge is -2.33. The molecule has 5 rings (SSSR count). The van der Waals surface area contributed by atoms with E-state index in [1.54, 1.807) is 21.7 Å². The molecule has 4 aromatic rings. The Balaban J connectivity index is 1.34. The molecule has 0 N–H and O–H groups in total. The number of piperidine rings is 1. The van der Waals surface area contributed by atoms with Crippen molar-refractivity contribution in [2.45, 2.75) is 58.3 Å². The second-order valence-corrected chi connectivity index (χ2v) is 11.0. The van der Waals surface area contributed by atoms with Crippen LogP contribution in [-0.4, -0.2) is 72.8 Å². The van der Waals surface area contributed by atoms with Crippen LogP contribution in [0.4, 0.5) is 13.6 Å². The van der Waals surface area contributed by atoms with E-state index in [0.29, 0.717) is 30.3 Å². The lowest BCUT2D eigenvalue weighted by atomic mass is 10.0. The van der Waals surface area contributed by atoms with Crippen LogP contribution in [0.1, 0.15) is 57.1 Å². The average Bonchev–Trinajstić information content (AvgIpc) is 3.55. The Bertz CT molecular complexity index is 1540. The van der Waals surface area contributed by atoms with Gasteiger partial charge in [0.05, 0.1) is 17.9 Å². The molecule has 0 radical (unpaired) electrons. The Morgan fingerprint density at radius 1 is 1.15 bits per heavy atom. The lowest BCUT2D eigenvalue weighted by Crippen LogP contribution is -2.42. The summed E-state index contributed by atoms with van der Waals surface area (Å²) in [5, 5.41) is 8.92. The zero-order valence-corrected chi connectivity index (χ0v) is 23.7. The highest BCUT2D eigenvalue weighted by Crippen LogP contribution is 2.31. The van der Waals surface area contributed by atoms with Crippen molar-refractivity contribution in [3.8, 4) is 17.1 Å². The summed E-state index contributed by atoms with van der Waals surface area (Å²) in [6.07, 6.45) is 4.60. The Labute approximate surface area is 236 Å². The number of fused-ring (bicyclic) bond motifs is 1. The molecule has 0 saturated carbocycles. The number of imidazole rings is 1. The van der Waals surface area contributed by atoms with Crippen LogP contribution >= 0.6 is 0 Å². The second-order valence-electron chi connectivity index (χ2n) is 11.0. The first-order chi connectivity index (χ1) is 19.5. The number of halogens is 2. The molecule has 4 aromatic heterocycles. The van der Waals surface area contributed by atoms with E-state index >= 15 is 0 Å². The van der Waals surface area contributed by atoms with Crippen LogP contribution in [0.2, 0.25) is 0 Å². The summed E-state index contributed by atoms with van der Waals surface area (Å²) in [4.78, 5) is 22.4. The third kappa shape index (κ3) is 6.14. The summed E-state index contributed by atoms with van der Waals surface area (Å²) in [6, 6.07) is 4.54. The largest absolute Gasteiger partial charge is 0.475 e. The molecule has 1 atom stereocenters. The zero-order chi connectivity index (χ0) is 29.3. The van der Waals surface area contributed by atoms with Crippen molar-refractivity contribution in [3.63, 3.8) is 0 Å². The second kappa shape index (κ2) is 11.4. The molecule has 1 fully saturated rings. The van der Waals surface area contributed by atoms with Crippen molar-refractivity contribution in [3.05, 3.63) is 59.8 Å². The molecule has 0 bridgehead atoms. The lowest BCUT2D eigenvalue weighted by molar-refractivity contribution is 0.0183. The normalized spacial score (nSPS) is 15.3. The highest BCUT2D eigenvalue weighted by Gasteiger charge is 2.29. The number of amides is 1. The molecule has 41 heavy (non-hydrogen) atoms. The van der Waals surface area contributed by atoms with Crippen LogP contribution in [0.5, 0.6) is 5.88 Å². The van der Waals surface area contributed by atoms with Gasteiger partial charge >= 0.3 is 6.09 Å². The van der Waals surface area contributed by atoms with E-state index in [4.69, 9.17) is 14.2 Å². The average molecular weight is 570 g/mol. The molecule has 218 valence electrons. The minimum Gasteiger partial charge on any atom is -0.475 e. The summed E-state index contributed by atoms with van der Waals surface area (Å²) in [5.41, 5.74) is 2.32. The van der Waals surface area contributed by atoms with E-state index in [1.807, 2.05) is 44.5 Å². The fourth-order valence-corrected chi connectivity index (χ4v) is 4.89. The Morgan fingerprint density at radius 2 is 1.90 bits per heavy atom. The highest BCUT2D eigenvalue weighted by atomic mass is 19.1. The summed E-state index contributed by atoms with van der Waals surface area (Å²) in [7, 11) is 1.40. The van der Waals surface area contributed by atoms with Crippen LogP contribution in [0, 0.1) is 18.6 Å². The molecule has 0 aromatic carbocycles. The van der Waals surface area contributed by atoms with Crippen molar-refractivity contribution in [1.82, 2.24) is 34.3 Å². The number of aromatic nitrogens is 6. The molecule has 13 heteroatoms. The number of hydrogen-bond donors (Lipinski definition) is 0. The van der Waals surface area contributed by atoms with Crippen LogP contribution in [0.15, 0.2) is 36.8 Å². The van der Waals surface area contributed by atoms with E-state index in [1.165, 1.54) is 7.11 Å². The maximum Gasteiger partial charge on any atom is 0.410 e. The number of rotatable bonds is 7. The van der Waals surface area contributed by atoms with Gasteiger partial charge in [-0.05, 0) is 46.6 Å². The summed E-state index contributed by atoms with van der Waals surface area (Å²) >= 11 is 0. The molecule has 5 heterocycles. The van der Waals surface area contributed by atoms with Crippen LogP contribution in [-0.2, 0) is 9.47 Å². The van der Waals surface area contributed by atoms with Gasteiger partial charge in [0.25, 0.3) is 0 Å². The highest BCUT2D eigenvalue weighted by molar-refractivity contribution is 5.69. The van der Waals surface area contributed by atoms with Crippen LogP contribution in [0.3, 0.4) is 0 Å². The van der Waals surface area contributed by atoms with Crippen LogP contribution in [0.25, 0.3) is 16.9 Å². The number of hydrogen-bond acceptors (Lipinski definition) is 8. The first-order valence-electron chi connectivity index (χ1n) is 13.4. The van der Waals surface area contributed by atoms with Gasteiger partial charge in [-0.15, -0.1) is 5.10 Å². The number of nitrogens with zero attached hydrogens (tertiary/aromatic N) is 7. The smallest absolute Gasteiger partial charge is 0.410 e. The van der Waals surface area contributed by atoms with Crippen molar-refractivity contribution in [2.75, 3.05) is 26.8 Å². The number of likely N-dealkylation sites (tertiary alicyclic amines) is 1. The third-order valence-corrected chi connectivity index (χ3v) is 6.94. The minimum absolute atomic E-state index is 0.0524. The SMILES string of the molecule is COC(COc1cc(-c2nnn(C3CCN(C(=O)OC(C)(C)C)CC3)c2C)cc2nccn12)c1ncc(F)cc1F. The number of carbonyl (C=O) groups is 1. The van der Waals surface area contributed by atoms with Gasteiger partial charge in [-0.3, -0.25) is 9.38 Å². The number of pyridine rings is 2.